The van der Waals surface area contributed by atoms with E-state index in [1.807, 2.05) is 24.3 Å². The minimum atomic E-state index is -0.0815. The maximum Gasteiger partial charge on any atom is 0.230 e. The molecule has 5 rings (SSSR count). The Morgan fingerprint density at radius 3 is 2.24 bits per heavy atom. The maximum absolute atomic E-state index is 13.8. The van der Waals surface area contributed by atoms with Crippen molar-refractivity contribution in [3.8, 4) is 5.75 Å². The normalized spacial score (nSPS) is 21.4. The van der Waals surface area contributed by atoms with Crippen molar-refractivity contribution in [2.45, 2.75) is 44.4 Å². The van der Waals surface area contributed by atoms with Crippen molar-refractivity contribution < 1.29 is 9.53 Å². The SMILES string of the molecule is CC[C@@H](C(=O)N1C[C@@H](CN2CCC(Cc3ccccc3)CC2)[C@H](c2ccccc2OC)C1)c1ccccc1. The van der Waals surface area contributed by atoms with Crippen LogP contribution in [0.4, 0.5) is 0 Å². The monoisotopic (exact) mass is 510 g/mol. The van der Waals surface area contributed by atoms with Crippen LogP contribution in [0.3, 0.4) is 0 Å². The van der Waals surface area contributed by atoms with Gasteiger partial charge >= 0.3 is 0 Å². The molecule has 38 heavy (non-hydrogen) atoms. The first kappa shape index (κ1) is 26.5. The van der Waals surface area contributed by atoms with Crippen LogP contribution >= 0.6 is 0 Å². The van der Waals surface area contributed by atoms with Crippen LogP contribution in [0, 0.1) is 11.8 Å². The van der Waals surface area contributed by atoms with Crippen LogP contribution < -0.4 is 4.74 Å². The van der Waals surface area contributed by atoms with E-state index in [4.69, 9.17) is 4.74 Å². The third-order valence-electron chi connectivity index (χ3n) is 8.77. The van der Waals surface area contributed by atoms with Crippen LogP contribution in [-0.4, -0.2) is 55.5 Å². The van der Waals surface area contributed by atoms with Gasteiger partial charge in [-0.15, -0.1) is 0 Å². The lowest BCUT2D eigenvalue weighted by Crippen LogP contribution is -2.39. The fourth-order valence-electron chi connectivity index (χ4n) is 6.67. The van der Waals surface area contributed by atoms with E-state index >= 15 is 0 Å². The third-order valence-corrected chi connectivity index (χ3v) is 8.77. The molecule has 0 bridgehead atoms. The van der Waals surface area contributed by atoms with Crippen molar-refractivity contribution in [2.75, 3.05) is 39.8 Å². The first-order valence-corrected chi connectivity index (χ1v) is 14.4. The van der Waals surface area contributed by atoms with Crippen molar-refractivity contribution in [3.05, 3.63) is 102 Å². The number of likely N-dealkylation sites (tertiary alicyclic amines) is 2. The molecule has 0 radical (unpaired) electrons. The van der Waals surface area contributed by atoms with Crippen molar-refractivity contribution in [1.29, 1.82) is 0 Å². The van der Waals surface area contributed by atoms with Gasteiger partial charge in [-0.3, -0.25) is 4.79 Å². The van der Waals surface area contributed by atoms with Gasteiger partial charge in [-0.25, -0.2) is 0 Å². The Morgan fingerprint density at radius 1 is 0.895 bits per heavy atom. The van der Waals surface area contributed by atoms with Crippen molar-refractivity contribution >= 4 is 5.91 Å². The average molecular weight is 511 g/mol. The number of rotatable bonds is 9. The van der Waals surface area contributed by atoms with E-state index in [1.54, 1.807) is 7.11 Å². The van der Waals surface area contributed by atoms with Gasteiger partial charge < -0.3 is 14.5 Å². The highest BCUT2D eigenvalue weighted by molar-refractivity contribution is 5.84. The fraction of sp³-hybridized carbons (Fsp3) is 0.441. The molecule has 0 spiro atoms. The highest BCUT2D eigenvalue weighted by atomic mass is 16.5. The standard InChI is InChI=1S/C34H42N2O2/c1-3-30(28-14-8-5-9-15-28)34(37)36-24-29(32(25-36)31-16-10-11-17-33(31)38-2)23-35-20-18-27(19-21-35)22-26-12-6-4-7-13-26/h4-17,27,29-30,32H,3,18-25H2,1-2H3/t29-,30-,32-/m1/s1. The van der Waals surface area contributed by atoms with Crippen LogP contribution in [0.2, 0.25) is 0 Å². The number of hydrogen-bond donors (Lipinski definition) is 0. The molecule has 0 unspecified atom stereocenters. The van der Waals surface area contributed by atoms with E-state index in [0.29, 0.717) is 5.92 Å². The summed E-state index contributed by atoms with van der Waals surface area (Å²) in [6.07, 6.45) is 4.49. The number of amides is 1. The molecule has 0 aliphatic carbocycles. The van der Waals surface area contributed by atoms with Gasteiger partial charge in [0.2, 0.25) is 5.91 Å². The maximum atomic E-state index is 13.8. The topological polar surface area (TPSA) is 32.8 Å². The van der Waals surface area contributed by atoms with Gasteiger partial charge in [0.15, 0.2) is 0 Å². The predicted molar refractivity (Wildman–Crippen MR) is 155 cm³/mol. The van der Waals surface area contributed by atoms with E-state index in [1.165, 1.54) is 30.4 Å². The number of nitrogens with zero attached hydrogens (tertiary/aromatic N) is 2. The molecule has 0 saturated carbocycles. The Balaban J connectivity index is 1.29. The Bertz CT molecular complexity index is 1160. The number of ether oxygens (including phenoxy) is 1. The van der Waals surface area contributed by atoms with Crippen molar-refractivity contribution in [2.24, 2.45) is 11.8 Å². The molecule has 1 amide bonds. The zero-order valence-electron chi connectivity index (χ0n) is 23.0. The summed E-state index contributed by atoms with van der Waals surface area (Å²) in [5, 5.41) is 0. The third kappa shape index (κ3) is 6.13. The van der Waals surface area contributed by atoms with Gasteiger partial charge in [0.1, 0.15) is 5.75 Å². The van der Waals surface area contributed by atoms with E-state index in [2.05, 4.69) is 77.4 Å². The van der Waals surface area contributed by atoms with Gasteiger partial charge in [0.25, 0.3) is 0 Å². The van der Waals surface area contributed by atoms with Crippen LogP contribution in [0.25, 0.3) is 0 Å². The lowest BCUT2D eigenvalue weighted by atomic mass is 9.86. The van der Waals surface area contributed by atoms with Gasteiger partial charge in [-0.1, -0.05) is 85.8 Å². The summed E-state index contributed by atoms with van der Waals surface area (Å²) in [6.45, 7) is 7.02. The molecule has 2 aliphatic rings. The predicted octanol–water partition coefficient (Wildman–Crippen LogP) is 6.39. The molecule has 2 heterocycles. The molecule has 2 fully saturated rings. The van der Waals surface area contributed by atoms with Crippen molar-refractivity contribution in [1.82, 2.24) is 9.80 Å². The molecule has 2 saturated heterocycles. The van der Waals surface area contributed by atoms with Gasteiger partial charge in [-0.05, 0) is 73.4 Å². The Morgan fingerprint density at radius 2 is 1.55 bits per heavy atom. The fourth-order valence-corrected chi connectivity index (χ4v) is 6.67. The zero-order valence-corrected chi connectivity index (χ0v) is 23.0. The first-order valence-electron chi connectivity index (χ1n) is 14.4. The molecule has 0 aromatic heterocycles. The second-order valence-corrected chi connectivity index (χ2v) is 11.2. The molecule has 200 valence electrons. The van der Waals surface area contributed by atoms with E-state index in [-0.39, 0.29) is 17.7 Å². The number of carbonyl (C=O) groups is 1. The summed E-state index contributed by atoms with van der Waals surface area (Å²) >= 11 is 0. The Labute approximate surface area is 228 Å². The molecule has 3 aromatic rings. The van der Waals surface area contributed by atoms with E-state index in [9.17, 15) is 4.79 Å². The molecule has 4 nitrogen and oxygen atoms in total. The summed E-state index contributed by atoms with van der Waals surface area (Å²) in [5.74, 6) is 2.56. The number of hydrogen-bond acceptors (Lipinski definition) is 3. The molecule has 2 aliphatic heterocycles. The van der Waals surface area contributed by atoms with E-state index < -0.39 is 0 Å². The van der Waals surface area contributed by atoms with Crippen LogP contribution in [0.5, 0.6) is 5.75 Å². The number of carbonyl (C=O) groups excluding carboxylic acids is 1. The molecule has 4 heteroatoms. The van der Waals surface area contributed by atoms with Crippen molar-refractivity contribution in [3.63, 3.8) is 0 Å². The van der Waals surface area contributed by atoms with Crippen LogP contribution in [-0.2, 0) is 11.2 Å². The second kappa shape index (κ2) is 12.6. The van der Waals surface area contributed by atoms with Gasteiger partial charge in [0, 0.05) is 25.6 Å². The summed E-state index contributed by atoms with van der Waals surface area (Å²) in [6, 6.07) is 29.6. The van der Waals surface area contributed by atoms with Gasteiger partial charge in [-0.2, -0.15) is 0 Å². The zero-order chi connectivity index (χ0) is 26.3. The summed E-state index contributed by atoms with van der Waals surface area (Å²) in [4.78, 5) is 18.6. The largest absolute Gasteiger partial charge is 0.496 e. The molecule has 3 atom stereocenters. The summed E-state index contributed by atoms with van der Waals surface area (Å²) in [5.41, 5.74) is 3.82. The highest BCUT2D eigenvalue weighted by Crippen LogP contribution is 2.40. The Kier molecular flexibility index (Phi) is 8.80. The van der Waals surface area contributed by atoms with Crippen LogP contribution in [0.15, 0.2) is 84.9 Å². The number of para-hydroxylation sites is 1. The highest BCUT2D eigenvalue weighted by Gasteiger charge is 2.40. The number of piperidine rings is 1. The lowest BCUT2D eigenvalue weighted by Gasteiger charge is -2.35. The summed E-state index contributed by atoms with van der Waals surface area (Å²) < 4.78 is 5.78. The minimum Gasteiger partial charge on any atom is -0.496 e. The Hall–Kier alpha value is -3.11. The molecular formula is C34H42N2O2. The number of benzene rings is 3. The lowest BCUT2D eigenvalue weighted by molar-refractivity contribution is -0.132. The molecular weight excluding hydrogens is 468 g/mol. The molecule has 0 N–H and O–H groups in total. The molecule has 3 aromatic carbocycles. The minimum absolute atomic E-state index is 0.0815. The van der Waals surface area contributed by atoms with E-state index in [0.717, 1.165) is 56.4 Å². The average Bonchev–Trinajstić information content (AvgIpc) is 3.39. The summed E-state index contributed by atoms with van der Waals surface area (Å²) in [7, 11) is 1.76. The second-order valence-electron chi connectivity index (χ2n) is 11.2. The van der Waals surface area contributed by atoms with Crippen LogP contribution in [0.1, 0.15) is 54.7 Å². The smallest absolute Gasteiger partial charge is 0.230 e. The number of methoxy groups -OCH3 is 1. The quantitative estimate of drug-likeness (QED) is 0.335. The van der Waals surface area contributed by atoms with Gasteiger partial charge in [0.05, 0.1) is 13.0 Å². The first-order chi connectivity index (χ1) is 18.7.